The molecule has 2 aliphatic rings. The van der Waals surface area contributed by atoms with Crippen LogP contribution in [-0.2, 0) is 0 Å². The van der Waals surface area contributed by atoms with Crippen molar-refractivity contribution in [2.24, 2.45) is 0 Å². The van der Waals surface area contributed by atoms with E-state index in [4.69, 9.17) is 0 Å². The van der Waals surface area contributed by atoms with E-state index in [0.29, 0.717) is 0 Å². The second-order valence-electron chi connectivity index (χ2n) is 3.23. The zero-order valence-electron chi connectivity index (χ0n) is 6.74. The van der Waals surface area contributed by atoms with Crippen molar-refractivity contribution in [3.8, 4) is 0 Å². The highest BCUT2D eigenvalue weighted by molar-refractivity contribution is 8.22. The van der Waals surface area contributed by atoms with Crippen molar-refractivity contribution in [3.05, 3.63) is 29.4 Å². The molecule has 0 nitrogen and oxygen atoms in total. The van der Waals surface area contributed by atoms with Crippen LogP contribution in [-0.4, -0.2) is 5.25 Å². The smallest absolute Gasteiger partial charge is 0.00697 e. The average molecular weight is 167 g/mol. The monoisotopic (exact) mass is 167 g/mol. The Hall–Kier alpha value is -0.170. The molecule has 11 heavy (non-hydrogen) atoms. The summed E-state index contributed by atoms with van der Waals surface area (Å²) in [5, 5.41) is 5.82. The molecule has 1 heteroatoms. The van der Waals surface area contributed by atoms with Crippen LogP contribution < -0.4 is 0 Å². The lowest BCUT2D eigenvalue weighted by Gasteiger charge is -2.27. The Kier molecular flexibility index (Phi) is 2.37. The van der Waals surface area contributed by atoms with E-state index >= 15 is 0 Å². The highest BCUT2D eigenvalue weighted by Crippen LogP contribution is 2.44. The summed E-state index contributed by atoms with van der Waals surface area (Å²) >= 11 is 0. The number of thiol groups is 1. The first kappa shape index (κ1) is 7.48. The maximum absolute atomic E-state index is 2.44. The fourth-order valence-corrected chi connectivity index (χ4v) is 3.88. The summed E-state index contributed by atoms with van der Waals surface area (Å²) in [5.74, 6) is 0. The van der Waals surface area contributed by atoms with Crippen LogP contribution in [0.5, 0.6) is 0 Å². The fraction of sp³-hybridized carbons (Fsp3) is 0.500. The van der Waals surface area contributed by atoms with Crippen LogP contribution >= 0.6 is 10.9 Å². The molecule has 1 heterocycles. The van der Waals surface area contributed by atoms with E-state index in [-0.39, 0.29) is 10.9 Å². The first-order valence-electron chi connectivity index (χ1n) is 4.41. The SMILES string of the molecule is [CH]1CCC([SH]2C=CC=C2)CC1. The van der Waals surface area contributed by atoms with Crippen LogP contribution in [0.15, 0.2) is 23.0 Å². The van der Waals surface area contributed by atoms with E-state index in [1.165, 1.54) is 25.7 Å². The molecule has 61 valence electrons. The van der Waals surface area contributed by atoms with Gasteiger partial charge < -0.3 is 0 Å². The quantitative estimate of drug-likeness (QED) is 0.570. The standard InChI is InChI=1S/C10H15S/c1-2-6-10(7-3-1)11-8-4-5-9-11/h1,4-5,8-11H,2-3,6-7H2. The van der Waals surface area contributed by atoms with E-state index in [2.05, 4.69) is 29.4 Å². The van der Waals surface area contributed by atoms with Gasteiger partial charge in [0.1, 0.15) is 0 Å². The van der Waals surface area contributed by atoms with Crippen molar-refractivity contribution in [2.45, 2.75) is 30.9 Å². The summed E-state index contributed by atoms with van der Waals surface area (Å²) in [6.45, 7) is 0. The molecule has 0 aromatic rings. The molecule has 0 aromatic carbocycles. The minimum Gasteiger partial charge on any atom is -0.210 e. The third-order valence-corrected chi connectivity index (χ3v) is 4.85. The van der Waals surface area contributed by atoms with Crippen LogP contribution in [0.25, 0.3) is 0 Å². The van der Waals surface area contributed by atoms with Crippen LogP contribution in [0, 0.1) is 6.42 Å². The Morgan fingerprint density at radius 2 is 1.64 bits per heavy atom. The molecule has 0 bridgehead atoms. The van der Waals surface area contributed by atoms with Gasteiger partial charge in [0.05, 0.1) is 0 Å². The Morgan fingerprint density at radius 3 is 2.27 bits per heavy atom. The maximum Gasteiger partial charge on any atom is -0.00697 e. The topological polar surface area (TPSA) is 0 Å². The van der Waals surface area contributed by atoms with Gasteiger partial charge in [-0.1, -0.05) is 12.2 Å². The third-order valence-electron chi connectivity index (χ3n) is 2.46. The molecule has 0 saturated heterocycles. The summed E-state index contributed by atoms with van der Waals surface area (Å²) < 4.78 is 0. The van der Waals surface area contributed by atoms with Gasteiger partial charge in [0.15, 0.2) is 0 Å². The van der Waals surface area contributed by atoms with Crippen molar-refractivity contribution in [1.29, 1.82) is 0 Å². The highest BCUT2D eigenvalue weighted by atomic mass is 32.2. The van der Waals surface area contributed by atoms with E-state index in [9.17, 15) is 0 Å². The summed E-state index contributed by atoms with van der Waals surface area (Å²) in [5.41, 5.74) is 0. The Bertz CT molecular complexity index is 163. The van der Waals surface area contributed by atoms with E-state index in [0.717, 1.165) is 5.25 Å². The fourth-order valence-electron chi connectivity index (χ4n) is 1.80. The van der Waals surface area contributed by atoms with Crippen molar-refractivity contribution in [3.63, 3.8) is 0 Å². The molecule has 0 amide bonds. The molecule has 1 aliphatic carbocycles. The lowest BCUT2D eigenvalue weighted by atomic mass is 10.0. The molecule has 0 spiro atoms. The first-order valence-corrected chi connectivity index (χ1v) is 5.96. The van der Waals surface area contributed by atoms with E-state index in [1.54, 1.807) is 0 Å². The first-order chi connectivity index (χ1) is 5.47. The second-order valence-corrected chi connectivity index (χ2v) is 5.45. The normalized spacial score (nSPS) is 28.2. The van der Waals surface area contributed by atoms with Crippen LogP contribution in [0.4, 0.5) is 0 Å². The van der Waals surface area contributed by atoms with Crippen molar-refractivity contribution >= 4 is 10.9 Å². The number of hydrogen-bond donors (Lipinski definition) is 1. The predicted molar refractivity (Wildman–Crippen MR) is 53.8 cm³/mol. The lowest BCUT2D eigenvalue weighted by molar-refractivity contribution is 0.607. The number of hydrogen-bond acceptors (Lipinski definition) is 0. The largest absolute Gasteiger partial charge is 0.210 e. The van der Waals surface area contributed by atoms with Gasteiger partial charge in [-0.15, -0.1) is 0 Å². The molecule has 0 N–H and O–H groups in total. The van der Waals surface area contributed by atoms with Gasteiger partial charge in [0, 0.05) is 0 Å². The van der Waals surface area contributed by atoms with Crippen molar-refractivity contribution in [1.82, 2.24) is 0 Å². The third kappa shape index (κ3) is 1.70. The summed E-state index contributed by atoms with van der Waals surface area (Å²) in [6.07, 6.45) is 12.4. The maximum atomic E-state index is 2.44. The Morgan fingerprint density at radius 1 is 1.00 bits per heavy atom. The molecule has 1 fully saturated rings. The summed E-state index contributed by atoms with van der Waals surface area (Å²) in [4.78, 5) is 0. The van der Waals surface area contributed by atoms with E-state index in [1.807, 2.05) is 0 Å². The van der Waals surface area contributed by atoms with E-state index < -0.39 is 0 Å². The molecule has 0 atom stereocenters. The molecular weight excluding hydrogens is 152 g/mol. The minimum absolute atomic E-state index is 0.156. The highest BCUT2D eigenvalue weighted by Gasteiger charge is 2.17. The molecule has 2 rings (SSSR count). The predicted octanol–water partition coefficient (Wildman–Crippen LogP) is 3.18. The summed E-state index contributed by atoms with van der Waals surface area (Å²) in [7, 11) is 0.156. The van der Waals surface area contributed by atoms with Crippen LogP contribution in [0.2, 0.25) is 0 Å². The second kappa shape index (κ2) is 3.48. The van der Waals surface area contributed by atoms with Gasteiger partial charge in [0.2, 0.25) is 0 Å². The van der Waals surface area contributed by atoms with Gasteiger partial charge >= 0.3 is 0 Å². The number of allylic oxidation sites excluding steroid dienone is 2. The zero-order chi connectivity index (χ0) is 7.52. The molecule has 0 aromatic heterocycles. The minimum atomic E-state index is 0.156. The Labute approximate surface area is 71.7 Å². The van der Waals surface area contributed by atoms with Crippen molar-refractivity contribution in [2.75, 3.05) is 0 Å². The number of rotatable bonds is 1. The average Bonchev–Trinajstić information content (AvgIpc) is 2.58. The van der Waals surface area contributed by atoms with Crippen molar-refractivity contribution < 1.29 is 0 Å². The van der Waals surface area contributed by atoms with Gasteiger partial charge in [0.25, 0.3) is 0 Å². The zero-order valence-corrected chi connectivity index (χ0v) is 7.63. The molecule has 0 unspecified atom stereocenters. The molecule has 1 radical (unpaired) electrons. The molecule has 1 saturated carbocycles. The van der Waals surface area contributed by atoms with Crippen LogP contribution in [0.3, 0.4) is 0 Å². The van der Waals surface area contributed by atoms with Gasteiger partial charge in [-0.25, -0.2) is 10.9 Å². The van der Waals surface area contributed by atoms with Gasteiger partial charge in [-0.3, -0.25) is 0 Å². The van der Waals surface area contributed by atoms with Crippen LogP contribution in [0.1, 0.15) is 25.7 Å². The summed E-state index contributed by atoms with van der Waals surface area (Å²) in [6, 6.07) is 0. The lowest BCUT2D eigenvalue weighted by Crippen LogP contribution is -2.10. The molecular formula is C10H15S. The van der Waals surface area contributed by atoms with Gasteiger partial charge in [-0.2, -0.15) is 0 Å². The molecule has 1 aliphatic heterocycles. The van der Waals surface area contributed by atoms with Gasteiger partial charge in [-0.05, 0) is 48.2 Å². The Balaban J connectivity index is 1.92.